The van der Waals surface area contributed by atoms with Gasteiger partial charge in [-0.1, -0.05) is 41.5 Å². The van der Waals surface area contributed by atoms with E-state index in [9.17, 15) is 13.2 Å². The lowest BCUT2D eigenvalue weighted by Gasteiger charge is -2.21. The number of hydrogen-bond donors (Lipinski definition) is 0. The molecule has 18 heavy (non-hydrogen) atoms. The van der Waals surface area contributed by atoms with Gasteiger partial charge in [0.2, 0.25) is 0 Å². The standard InChI is InChI=1S/C15H21F3/c1-7(2)10-13(16)11(8(3)4)15(18)12(9(5)6)14(10)17/h7-9H,1-6H3. The third kappa shape index (κ3) is 2.40. The lowest BCUT2D eigenvalue weighted by atomic mass is 9.87. The van der Waals surface area contributed by atoms with Crippen LogP contribution in [0.2, 0.25) is 0 Å². The van der Waals surface area contributed by atoms with Gasteiger partial charge in [-0.3, -0.25) is 0 Å². The van der Waals surface area contributed by atoms with Crippen molar-refractivity contribution in [3.05, 3.63) is 34.1 Å². The number of halogens is 3. The summed E-state index contributed by atoms with van der Waals surface area (Å²) in [6.45, 7) is 10.3. The summed E-state index contributed by atoms with van der Waals surface area (Å²) in [4.78, 5) is 0. The minimum absolute atomic E-state index is 0.00352. The van der Waals surface area contributed by atoms with Crippen LogP contribution in [0.1, 0.15) is 76.0 Å². The van der Waals surface area contributed by atoms with Crippen molar-refractivity contribution in [2.24, 2.45) is 0 Å². The number of benzene rings is 1. The van der Waals surface area contributed by atoms with Crippen LogP contribution in [0, 0.1) is 17.5 Å². The second-order valence-corrected chi connectivity index (χ2v) is 5.65. The summed E-state index contributed by atoms with van der Waals surface area (Å²) < 4.78 is 42.8. The maximum atomic E-state index is 14.3. The smallest absolute Gasteiger partial charge is 0.135 e. The van der Waals surface area contributed by atoms with E-state index >= 15 is 0 Å². The molecule has 0 aliphatic rings. The molecule has 3 heteroatoms. The molecule has 0 aromatic heterocycles. The van der Waals surface area contributed by atoms with Gasteiger partial charge < -0.3 is 0 Å². The van der Waals surface area contributed by atoms with E-state index < -0.39 is 17.5 Å². The van der Waals surface area contributed by atoms with Crippen LogP contribution in [0.25, 0.3) is 0 Å². The first-order valence-corrected chi connectivity index (χ1v) is 6.40. The van der Waals surface area contributed by atoms with Crippen molar-refractivity contribution >= 4 is 0 Å². The van der Waals surface area contributed by atoms with Crippen molar-refractivity contribution in [2.75, 3.05) is 0 Å². The molecule has 0 spiro atoms. The van der Waals surface area contributed by atoms with Gasteiger partial charge >= 0.3 is 0 Å². The Morgan fingerprint density at radius 3 is 0.778 bits per heavy atom. The zero-order chi connectivity index (χ0) is 14.2. The Labute approximate surface area is 107 Å². The second kappa shape index (κ2) is 5.33. The highest BCUT2D eigenvalue weighted by atomic mass is 19.1. The van der Waals surface area contributed by atoms with Crippen molar-refractivity contribution in [3.63, 3.8) is 0 Å². The Morgan fingerprint density at radius 1 is 0.500 bits per heavy atom. The minimum atomic E-state index is -0.723. The summed E-state index contributed by atoms with van der Waals surface area (Å²) in [7, 11) is 0. The molecular weight excluding hydrogens is 237 g/mol. The summed E-state index contributed by atoms with van der Waals surface area (Å²) in [6.07, 6.45) is 0. The first-order valence-electron chi connectivity index (χ1n) is 6.40. The molecule has 0 bridgehead atoms. The van der Waals surface area contributed by atoms with E-state index in [0.717, 1.165) is 0 Å². The fourth-order valence-electron chi connectivity index (χ4n) is 2.24. The quantitative estimate of drug-likeness (QED) is 0.674. The molecule has 1 aromatic carbocycles. The van der Waals surface area contributed by atoms with Gasteiger partial charge in [-0.2, -0.15) is 0 Å². The average Bonchev–Trinajstić information content (AvgIpc) is 2.14. The normalized spacial score (nSPS) is 12.0. The van der Waals surface area contributed by atoms with Gasteiger partial charge in [-0.15, -0.1) is 0 Å². The average molecular weight is 258 g/mol. The number of hydrogen-bond acceptors (Lipinski definition) is 0. The Bertz CT molecular complexity index is 358. The molecule has 0 aliphatic heterocycles. The highest BCUT2D eigenvalue weighted by Crippen LogP contribution is 2.36. The zero-order valence-electron chi connectivity index (χ0n) is 11.9. The first-order chi connectivity index (χ1) is 8.20. The summed E-state index contributed by atoms with van der Waals surface area (Å²) in [5.74, 6) is -3.08. The van der Waals surface area contributed by atoms with Crippen LogP contribution in [-0.4, -0.2) is 0 Å². The van der Waals surface area contributed by atoms with E-state index in [1.165, 1.54) is 0 Å². The molecule has 0 N–H and O–H groups in total. The van der Waals surface area contributed by atoms with Crippen molar-refractivity contribution in [1.82, 2.24) is 0 Å². The van der Waals surface area contributed by atoms with Crippen LogP contribution < -0.4 is 0 Å². The summed E-state index contributed by atoms with van der Waals surface area (Å²) in [5, 5.41) is 0. The van der Waals surface area contributed by atoms with E-state index in [1.807, 2.05) is 0 Å². The summed E-state index contributed by atoms with van der Waals surface area (Å²) in [5.41, 5.74) is 0.0106. The molecule has 0 unspecified atom stereocenters. The van der Waals surface area contributed by atoms with Gasteiger partial charge in [-0.05, 0) is 17.8 Å². The molecule has 0 nitrogen and oxygen atoms in total. The molecule has 0 atom stereocenters. The van der Waals surface area contributed by atoms with E-state index in [-0.39, 0.29) is 34.4 Å². The SMILES string of the molecule is CC(C)c1c(F)c(C(C)C)c(F)c(C(C)C)c1F. The Kier molecular flexibility index (Phi) is 4.46. The topological polar surface area (TPSA) is 0 Å². The van der Waals surface area contributed by atoms with E-state index in [1.54, 1.807) is 41.5 Å². The molecule has 0 amide bonds. The zero-order valence-corrected chi connectivity index (χ0v) is 11.9. The molecule has 0 heterocycles. The molecule has 1 rings (SSSR count). The van der Waals surface area contributed by atoms with Crippen molar-refractivity contribution in [3.8, 4) is 0 Å². The predicted molar refractivity (Wildman–Crippen MR) is 68.6 cm³/mol. The van der Waals surface area contributed by atoms with Crippen LogP contribution in [-0.2, 0) is 0 Å². The Balaban J connectivity index is 3.76. The minimum Gasteiger partial charge on any atom is -0.206 e. The molecule has 102 valence electrons. The maximum absolute atomic E-state index is 14.3. The predicted octanol–water partition coefficient (Wildman–Crippen LogP) is 5.47. The van der Waals surface area contributed by atoms with Crippen molar-refractivity contribution in [2.45, 2.75) is 59.3 Å². The third-order valence-electron chi connectivity index (χ3n) is 3.15. The molecule has 0 saturated carbocycles. The molecular formula is C15H21F3. The van der Waals surface area contributed by atoms with Gasteiger partial charge in [0, 0.05) is 16.7 Å². The summed E-state index contributed by atoms with van der Waals surface area (Å²) >= 11 is 0. The Hall–Kier alpha value is -0.990. The molecule has 0 radical (unpaired) electrons. The largest absolute Gasteiger partial charge is 0.206 e. The molecule has 0 saturated heterocycles. The first kappa shape index (κ1) is 15.1. The van der Waals surface area contributed by atoms with Crippen LogP contribution >= 0.6 is 0 Å². The van der Waals surface area contributed by atoms with Crippen LogP contribution in [0.4, 0.5) is 13.2 Å². The highest BCUT2D eigenvalue weighted by molar-refractivity contribution is 5.40. The van der Waals surface area contributed by atoms with Gasteiger partial charge in [0.05, 0.1) is 0 Å². The monoisotopic (exact) mass is 258 g/mol. The highest BCUT2D eigenvalue weighted by Gasteiger charge is 2.28. The summed E-state index contributed by atoms with van der Waals surface area (Å²) in [6, 6.07) is 0. The lowest BCUT2D eigenvalue weighted by Crippen LogP contribution is -2.13. The molecule has 1 aromatic rings. The van der Waals surface area contributed by atoms with E-state index in [2.05, 4.69) is 0 Å². The fourth-order valence-corrected chi connectivity index (χ4v) is 2.24. The molecule has 0 fully saturated rings. The van der Waals surface area contributed by atoms with Gasteiger partial charge in [0.1, 0.15) is 17.5 Å². The van der Waals surface area contributed by atoms with E-state index in [0.29, 0.717) is 0 Å². The van der Waals surface area contributed by atoms with Crippen LogP contribution in [0.3, 0.4) is 0 Å². The van der Waals surface area contributed by atoms with Crippen molar-refractivity contribution in [1.29, 1.82) is 0 Å². The third-order valence-corrected chi connectivity index (χ3v) is 3.15. The lowest BCUT2D eigenvalue weighted by molar-refractivity contribution is 0.468. The van der Waals surface area contributed by atoms with Crippen LogP contribution in [0.5, 0.6) is 0 Å². The van der Waals surface area contributed by atoms with E-state index in [4.69, 9.17) is 0 Å². The van der Waals surface area contributed by atoms with Crippen LogP contribution in [0.15, 0.2) is 0 Å². The van der Waals surface area contributed by atoms with Crippen molar-refractivity contribution < 1.29 is 13.2 Å². The van der Waals surface area contributed by atoms with Gasteiger partial charge in [-0.25, -0.2) is 13.2 Å². The second-order valence-electron chi connectivity index (χ2n) is 5.65. The maximum Gasteiger partial charge on any atom is 0.135 e. The number of rotatable bonds is 3. The fraction of sp³-hybridized carbons (Fsp3) is 0.600. The van der Waals surface area contributed by atoms with Gasteiger partial charge in [0.15, 0.2) is 0 Å². The van der Waals surface area contributed by atoms with Gasteiger partial charge in [0.25, 0.3) is 0 Å². The Morgan fingerprint density at radius 2 is 0.667 bits per heavy atom. The molecule has 0 aliphatic carbocycles.